The van der Waals surface area contributed by atoms with E-state index in [1.165, 1.54) is 4.31 Å². The van der Waals surface area contributed by atoms with Crippen LogP contribution in [0, 0.1) is 13.8 Å². The van der Waals surface area contributed by atoms with Crippen LogP contribution in [0.25, 0.3) is 0 Å². The molecule has 1 saturated heterocycles. The summed E-state index contributed by atoms with van der Waals surface area (Å²) in [5.41, 5.74) is 1.14. The van der Waals surface area contributed by atoms with Gasteiger partial charge in [-0.05, 0) is 38.0 Å². The number of hydrogen-bond donors (Lipinski definition) is 0. The lowest BCUT2D eigenvalue weighted by Crippen LogP contribution is -2.44. The number of nitrogens with zero attached hydrogens (tertiary/aromatic N) is 1. The van der Waals surface area contributed by atoms with Crippen molar-refractivity contribution in [1.29, 1.82) is 0 Å². The number of benzene rings is 1. The Morgan fingerprint density at radius 2 is 2.00 bits per heavy atom. The van der Waals surface area contributed by atoms with Crippen molar-refractivity contribution in [3.63, 3.8) is 0 Å². The molecule has 0 amide bonds. The van der Waals surface area contributed by atoms with E-state index in [9.17, 15) is 8.42 Å². The Balaban J connectivity index is 2.55. The highest BCUT2D eigenvalue weighted by molar-refractivity contribution is 7.89. The normalized spacial score (nSPS) is 21.1. The molecule has 0 spiro atoms. The molecule has 0 aromatic heterocycles. The summed E-state index contributed by atoms with van der Waals surface area (Å²) in [6, 6.07) is 1.68. The van der Waals surface area contributed by atoms with Crippen LogP contribution in [0.15, 0.2) is 11.0 Å². The summed E-state index contributed by atoms with van der Waals surface area (Å²) in [5, 5.41) is 0.651. The van der Waals surface area contributed by atoms with Crippen LogP contribution in [0.1, 0.15) is 18.1 Å². The molecule has 1 aromatic rings. The summed E-state index contributed by atoms with van der Waals surface area (Å²) in [6.45, 7) is 6.30. The highest BCUT2D eigenvalue weighted by atomic mass is 35.5. The first-order chi connectivity index (χ1) is 9.25. The van der Waals surface area contributed by atoms with E-state index >= 15 is 0 Å². The third kappa shape index (κ3) is 2.83. The first-order valence-corrected chi connectivity index (χ1v) is 8.51. The van der Waals surface area contributed by atoms with E-state index < -0.39 is 10.0 Å². The average Bonchev–Trinajstić information content (AvgIpc) is 2.36. The molecule has 0 saturated carbocycles. The molecule has 1 heterocycles. The number of sulfonamides is 1. The van der Waals surface area contributed by atoms with Gasteiger partial charge in [0.1, 0.15) is 4.90 Å². The zero-order valence-electron chi connectivity index (χ0n) is 11.6. The minimum atomic E-state index is -3.66. The number of rotatable bonds is 2. The van der Waals surface area contributed by atoms with E-state index in [0.29, 0.717) is 35.8 Å². The maximum Gasteiger partial charge on any atom is 0.245 e. The van der Waals surface area contributed by atoms with Gasteiger partial charge >= 0.3 is 0 Å². The summed E-state index contributed by atoms with van der Waals surface area (Å²) >= 11 is 12.3. The molecule has 0 radical (unpaired) electrons. The van der Waals surface area contributed by atoms with Crippen LogP contribution >= 0.6 is 23.2 Å². The van der Waals surface area contributed by atoms with Crippen LogP contribution in [-0.4, -0.2) is 38.5 Å². The Hall–Kier alpha value is -0.330. The second-order valence-corrected chi connectivity index (χ2v) is 7.65. The summed E-state index contributed by atoms with van der Waals surface area (Å²) in [4.78, 5) is 0.110. The van der Waals surface area contributed by atoms with Gasteiger partial charge in [-0.3, -0.25) is 0 Å². The maximum atomic E-state index is 12.8. The number of aryl methyl sites for hydroxylation is 1. The lowest BCUT2D eigenvalue weighted by molar-refractivity contribution is 0.0102. The van der Waals surface area contributed by atoms with Crippen LogP contribution in [0.3, 0.4) is 0 Å². The largest absolute Gasteiger partial charge is 0.376 e. The first kappa shape index (κ1) is 16.0. The molecule has 7 heteroatoms. The molecule has 4 nitrogen and oxygen atoms in total. The quantitative estimate of drug-likeness (QED) is 0.833. The average molecular weight is 338 g/mol. The topological polar surface area (TPSA) is 46.6 Å². The van der Waals surface area contributed by atoms with E-state index in [0.717, 1.165) is 0 Å². The third-order valence-corrected chi connectivity index (χ3v) is 6.42. The Labute approximate surface area is 129 Å². The molecule has 112 valence electrons. The van der Waals surface area contributed by atoms with Crippen LogP contribution in [0.5, 0.6) is 0 Å². The number of morpholine rings is 1. The standard InChI is InChI=1S/C13H17Cl2NO3S/c1-8-6-11(14)10(3)13(12(8)15)20(17,18)16-4-5-19-9(2)7-16/h6,9H,4-5,7H2,1-3H3. The summed E-state index contributed by atoms with van der Waals surface area (Å²) in [5.74, 6) is 0. The Bertz CT molecular complexity index is 605. The lowest BCUT2D eigenvalue weighted by Gasteiger charge is -2.31. The molecular formula is C13H17Cl2NO3S. The summed E-state index contributed by atoms with van der Waals surface area (Å²) < 4.78 is 32.4. The fourth-order valence-electron chi connectivity index (χ4n) is 2.25. The molecule has 1 fully saturated rings. The van der Waals surface area contributed by atoms with Crippen molar-refractivity contribution in [2.45, 2.75) is 31.8 Å². The third-order valence-electron chi connectivity index (χ3n) is 3.39. The van der Waals surface area contributed by atoms with Crippen molar-refractivity contribution < 1.29 is 13.2 Å². The maximum absolute atomic E-state index is 12.8. The van der Waals surface area contributed by atoms with Gasteiger partial charge in [-0.15, -0.1) is 0 Å². The highest BCUT2D eigenvalue weighted by Gasteiger charge is 2.33. The van der Waals surface area contributed by atoms with Crippen LogP contribution in [-0.2, 0) is 14.8 Å². The van der Waals surface area contributed by atoms with Crippen molar-refractivity contribution in [2.75, 3.05) is 19.7 Å². The molecule has 0 bridgehead atoms. The lowest BCUT2D eigenvalue weighted by atomic mass is 10.2. The van der Waals surface area contributed by atoms with Gasteiger partial charge in [0.2, 0.25) is 10.0 Å². The second-order valence-electron chi connectivity index (χ2n) is 4.99. The predicted octanol–water partition coefficient (Wildman–Crippen LogP) is 3.02. The number of hydrogen-bond acceptors (Lipinski definition) is 3. The van der Waals surface area contributed by atoms with Gasteiger partial charge in [0.05, 0.1) is 17.7 Å². The monoisotopic (exact) mass is 337 g/mol. The number of halogens is 2. The molecule has 1 aliphatic rings. The molecule has 0 aliphatic carbocycles. The van der Waals surface area contributed by atoms with Gasteiger partial charge in [-0.25, -0.2) is 8.42 Å². The molecule has 20 heavy (non-hydrogen) atoms. The van der Waals surface area contributed by atoms with Crippen LogP contribution < -0.4 is 0 Å². The molecular weight excluding hydrogens is 321 g/mol. The fourth-order valence-corrected chi connectivity index (χ4v) is 4.92. The number of ether oxygens (including phenoxy) is 1. The minimum absolute atomic E-state index is 0.110. The van der Waals surface area contributed by atoms with Gasteiger partial charge in [0, 0.05) is 18.1 Å². The van der Waals surface area contributed by atoms with Gasteiger partial charge in [-0.1, -0.05) is 23.2 Å². The van der Waals surface area contributed by atoms with Gasteiger partial charge in [-0.2, -0.15) is 4.31 Å². The molecule has 1 unspecified atom stereocenters. The first-order valence-electron chi connectivity index (χ1n) is 6.32. The van der Waals surface area contributed by atoms with Crippen molar-refractivity contribution in [1.82, 2.24) is 4.31 Å². The van der Waals surface area contributed by atoms with Gasteiger partial charge in [0.15, 0.2) is 0 Å². The molecule has 0 N–H and O–H groups in total. The van der Waals surface area contributed by atoms with Gasteiger partial charge in [0.25, 0.3) is 0 Å². The zero-order chi connectivity index (χ0) is 15.1. The van der Waals surface area contributed by atoms with Crippen molar-refractivity contribution in [3.05, 3.63) is 27.2 Å². The Kier molecular flexibility index (Phi) is 4.66. The smallest absolute Gasteiger partial charge is 0.245 e. The summed E-state index contributed by atoms with van der Waals surface area (Å²) in [7, 11) is -3.66. The van der Waals surface area contributed by atoms with Crippen molar-refractivity contribution in [2.24, 2.45) is 0 Å². The van der Waals surface area contributed by atoms with Crippen LogP contribution in [0.4, 0.5) is 0 Å². The fraction of sp³-hybridized carbons (Fsp3) is 0.538. The summed E-state index contributed by atoms with van der Waals surface area (Å²) in [6.07, 6.45) is -0.127. The van der Waals surface area contributed by atoms with E-state index in [1.54, 1.807) is 19.9 Å². The zero-order valence-corrected chi connectivity index (χ0v) is 13.9. The van der Waals surface area contributed by atoms with E-state index in [4.69, 9.17) is 27.9 Å². The molecule has 1 aliphatic heterocycles. The second kappa shape index (κ2) is 5.81. The molecule has 2 rings (SSSR count). The van der Waals surface area contributed by atoms with Crippen molar-refractivity contribution >= 4 is 33.2 Å². The predicted molar refractivity (Wildman–Crippen MR) is 80.1 cm³/mol. The van der Waals surface area contributed by atoms with Gasteiger partial charge < -0.3 is 4.74 Å². The van der Waals surface area contributed by atoms with E-state index in [-0.39, 0.29) is 16.0 Å². The Morgan fingerprint density at radius 1 is 1.35 bits per heavy atom. The van der Waals surface area contributed by atoms with Crippen molar-refractivity contribution in [3.8, 4) is 0 Å². The SMILES string of the molecule is Cc1cc(Cl)c(C)c(S(=O)(=O)N2CCOC(C)C2)c1Cl. The Morgan fingerprint density at radius 3 is 2.60 bits per heavy atom. The molecule has 1 aromatic carbocycles. The van der Waals surface area contributed by atoms with Crippen LogP contribution in [0.2, 0.25) is 10.0 Å². The van der Waals surface area contributed by atoms with E-state index in [1.807, 2.05) is 6.92 Å². The highest BCUT2D eigenvalue weighted by Crippen LogP contribution is 2.35. The van der Waals surface area contributed by atoms with E-state index in [2.05, 4.69) is 0 Å². The minimum Gasteiger partial charge on any atom is -0.376 e. The molecule has 1 atom stereocenters.